The van der Waals surface area contributed by atoms with E-state index in [0.717, 1.165) is 6.42 Å². The van der Waals surface area contributed by atoms with E-state index in [0.29, 0.717) is 26.7 Å². The fraction of sp³-hybridized carbons (Fsp3) is 0.308. The van der Waals surface area contributed by atoms with Gasteiger partial charge < -0.3 is 0 Å². The van der Waals surface area contributed by atoms with Crippen molar-refractivity contribution in [3.63, 3.8) is 0 Å². The normalized spacial score (nSPS) is 13.2. The number of nitrogens with one attached hydrogen (secondary N) is 1. The van der Waals surface area contributed by atoms with Crippen LogP contribution in [0.25, 0.3) is 4.39 Å². The monoisotopic (exact) mass is 327 g/mol. The van der Waals surface area contributed by atoms with Crippen LogP contribution in [-0.2, 0) is 6.42 Å². The van der Waals surface area contributed by atoms with Crippen LogP contribution in [0, 0.1) is 0 Å². The van der Waals surface area contributed by atoms with Gasteiger partial charge in [0.05, 0.1) is 0 Å². The van der Waals surface area contributed by atoms with Crippen LogP contribution in [0.1, 0.15) is 24.2 Å². The molecule has 0 saturated heterocycles. The molecule has 5 heteroatoms. The first-order valence-corrected chi connectivity index (χ1v) is 8.13. The van der Waals surface area contributed by atoms with E-state index < -0.39 is 0 Å². The quantitative estimate of drug-likeness (QED) is 0.577. The molecule has 0 aliphatic heterocycles. The first-order chi connectivity index (χ1) is 8.79. The summed E-state index contributed by atoms with van der Waals surface area (Å²) in [4.78, 5) is 0. The number of rotatable bonds is 5. The summed E-state index contributed by atoms with van der Waals surface area (Å²) in [5, 5.41) is 8.03. The molecule has 94 valence electrons. The van der Waals surface area contributed by atoms with Crippen LogP contribution >= 0.6 is 11.6 Å². The van der Waals surface area contributed by atoms with E-state index in [1.54, 1.807) is 0 Å². The maximum atomic E-state index is 5.85. The van der Waals surface area contributed by atoms with Crippen molar-refractivity contribution in [2.45, 2.75) is 19.4 Å². The molecule has 0 radical (unpaired) electrons. The zero-order valence-electron chi connectivity index (χ0n) is 10.1. The molecular weight excluding hydrogens is 313 g/mol. The minimum atomic E-state index is 0.297. The number of nitrogens with zero attached hydrogens (tertiary/aromatic N) is 2. The third kappa shape index (κ3) is 2.05. The van der Waals surface area contributed by atoms with Gasteiger partial charge in [-0.3, -0.25) is 0 Å². The van der Waals surface area contributed by atoms with Crippen molar-refractivity contribution in [1.29, 1.82) is 0 Å². The molecule has 3 heterocycles. The third-order valence-corrected chi connectivity index (χ3v) is 5.23. The molecule has 0 spiro atoms. The van der Waals surface area contributed by atoms with Crippen LogP contribution in [0.4, 0.5) is 5.69 Å². The number of hydrogen-bond donors (Lipinski definition) is 1. The van der Waals surface area contributed by atoms with Gasteiger partial charge in [-0.1, -0.05) is 0 Å². The molecule has 1 N–H and O–H groups in total. The van der Waals surface area contributed by atoms with E-state index in [9.17, 15) is 0 Å². The Balaban J connectivity index is 1.82. The van der Waals surface area contributed by atoms with Gasteiger partial charge in [-0.2, -0.15) is 0 Å². The number of aromatic nitrogens is 2. The zero-order chi connectivity index (χ0) is 12.5. The molecule has 0 fully saturated rings. The summed E-state index contributed by atoms with van der Waals surface area (Å²) in [6.45, 7) is 2.18. The van der Waals surface area contributed by atoms with Crippen LogP contribution in [0.3, 0.4) is 0 Å². The molecule has 4 rings (SSSR count). The van der Waals surface area contributed by atoms with Crippen molar-refractivity contribution in [3.05, 3.63) is 41.6 Å². The number of fused-ring (bicyclic) bond motifs is 1. The second-order valence-corrected chi connectivity index (χ2v) is 6.60. The van der Waals surface area contributed by atoms with Crippen LogP contribution < -0.4 is 5.32 Å². The van der Waals surface area contributed by atoms with E-state index in [1.165, 1.54) is 21.3 Å². The molecule has 3 aromatic heterocycles. The van der Waals surface area contributed by atoms with Crippen LogP contribution in [0.5, 0.6) is 0 Å². The van der Waals surface area contributed by atoms with Gasteiger partial charge in [0.1, 0.15) is 0 Å². The van der Waals surface area contributed by atoms with Gasteiger partial charge >= 0.3 is 117 Å². The van der Waals surface area contributed by atoms with Gasteiger partial charge in [0.15, 0.2) is 0 Å². The van der Waals surface area contributed by atoms with Crippen molar-refractivity contribution >= 4 is 36.4 Å². The molecule has 0 aliphatic rings. The van der Waals surface area contributed by atoms with Crippen LogP contribution in [0.2, 0.25) is 0 Å². The van der Waals surface area contributed by atoms with Gasteiger partial charge in [-0.15, -0.1) is 0 Å². The number of alkyl halides is 1. The van der Waals surface area contributed by atoms with E-state index >= 15 is 0 Å². The van der Waals surface area contributed by atoms with Crippen molar-refractivity contribution < 1.29 is 0 Å². The van der Waals surface area contributed by atoms with E-state index in [4.69, 9.17) is 11.6 Å². The van der Waals surface area contributed by atoms with E-state index in [2.05, 4.69) is 45.1 Å². The van der Waals surface area contributed by atoms with Gasteiger partial charge in [0.25, 0.3) is 0 Å². The SMILES string of the molecule is CC(Nc1c(CCCl)n2nc1[se]2)c1ccccc1. The van der Waals surface area contributed by atoms with Gasteiger partial charge in [-0.25, -0.2) is 0 Å². The zero-order valence-corrected chi connectivity index (χ0v) is 12.5. The Hall–Kier alpha value is -0.961. The molecule has 18 heavy (non-hydrogen) atoms. The summed E-state index contributed by atoms with van der Waals surface area (Å²) in [7, 11) is 0. The third-order valence-electron chi connectivity index (χ3n) is 3.08. The molecule has 3 nitrogen and oxygen atoms in total. The van der Waals surface area contributed by atoms with Crippen LogP contribution in [-0.4, -0.2) is 29.2 Å². The summed E-state index contributed by atoms with van der Waals surface area (Å²) in [5.41, 5.74) is 3.78. The topological polar surface area (TPSA) is 29.3 Å². The van der Waals surface area contributed by atoms with Crippen molar-refractivity contribution in [2.24, 2.45) is 0 Å². The summed E-state index contributed by atoms with van der Waals surface area (Å²) < 4.78 is 3.33. The fourth-order valence-electron chi connectivity index (χ4n) is 2.10. The average molecular weight is 327 g/mol. The van der Waals surface area contributed by atoms with Gasteiger partial charge in [0.2, 0.25) is 0 Å². The molecule has 4 aromatic rings. The van der Waals surface area contributed by atoms with Gasteiger partial charge in [-0.05, 0) is 0 Å². The Morgan fingerprint density at radius 3 is 2.78 bits per heavy atom. The maximum absolute atomic E-state index is 5.85. The van der Waals surface area contributed by atoms with Crippen molar-refractivity contribution in [2.75, 3.05) is 11.2 Å². The molecule has 0 aliphatic carbocycles. The second-order valence-electron chi connectivity index (χ2n) is 4.31. The molecule has 0 saturated carbocycles. The first-order valence-electron chi connectivity index (χ1n) is 5.97. The molecule has 1 atom stereocenters. The summed E-state index contributed by atoms with van der Waals surface area (Å²) >= 11 is 6.24. The van der Waals surface area contributed by atoms with Gasteiger partial charge in [0, 0.05) is 0 Å². The summed E-state index contributed by atoms with van der Waals surface area (Å²) in [5.74, 6) is 0.648. The van der Waals surface area contributed by atoms with Crippen molar-refractivity contribution in [3.8, 4) is 0 Å². The number of hydrogen-bond acceptors (Lipinski definition) is 2. The van der Waals surface area contributed by atoms with E-state index in [-0.39, 0.29) is 0 Å². The molecular formula is C13H14ClN3Se. The first kappa shape index (κ1) is 12.1. The van der Waals surface area contributed by atoms with E-state index in [1.807, 2.05) is 6.07 Å². The Labute approximate surface area is 117 Å². The molecule has 0 amide bonds. The molecule has 1 unspecified atom stereocenters. The second kappa shape index (κ2) is 4.96. The Morgan fingerprint density at radius 2 is 2.11 bits per heavy atom. The Kier molecular flexibility index (Phi) is 3.33. The number of aryl methyl sites for hydroxylation is 1. The van der Waals surface area contributed by atoms with Crippen molar-refractivity contribution in [1.82, 2.24) is 8.61 Å². The standard InChI is InChI=1S/C13H14ClN3Se/c1-9(10-5-3-2-4-6-10)15-12-11(7-8-14)17-16-13(12)18-17/h2-6,9,15H,7-8H2,1H3. The number of anilines is 1. The predicted octanol–water partition coefficient (Wildman–Crippen LogP) is 2.78. The molecule has 1 aromatic carbocycles. The van der Waals surface area contributed by atoms with Crippen LogP contribution in [0.15, 0.2) is 30.3 Å². The minimum absolute atomic E-state index is 0.297. The molecule has 2 bridgehead atoms. The number of benzene rings is 1. The fourth-order valence-corrected chi connectivity index (χ4v) is 4.06. The summed E-state index contributed by atoms with van der Waals surface area (Å²) in [6.07, 6.45) is 0.889. The Morgan fingerprint density at radius 1 is 1.39 bits per heavy atom. The predicted molar refractivity (Wildman–Crippen MR) is 76.2 cm³/mol. The average Bonchev–Trinajstić information content (AvgIpc) is 2.83. The Bertz CT molecular complexity index is 601. The number of halogens is 1. The summed E-state index contributed by atoms with van der Waals surface area (Å²) in [6, 6.07) is 10.8.